The zero-order chi connectivity index (χ0) is 16.5. The van der Waals surface area contributed by atoms with Crippen molar-refractivity contribution in [1.82, 2.24) is 15.5 Å². The minimum atomic E-state index is -1.26. The number of carboxylic acids is 1. The number of amides is 4. The Bertz CT molecular complexity index is 523. The van der Waals surface area contributed by atoms with Crippen LogP contribution in [0.2, 0.25) is 0 Å². The number of nitrogens with zero attached hydrogens (tertiary/aromatic N) is 1. The summed E-state index contributed by atoms with van der Waals surface area (Å²) in [5, 5.41) is 14.1. The highest BCUT2D eigenvalue weighted by Crippen LogP contribution is 2.29. The van der Waals surface area contributed by atoms with Gasteiger partial charge in [-0.3, -0.25) is 14.9 Å². The number of carboxylic acid groups (broad SMARTS) is 1. The number of imide groups is 1. The van der Waals surface area contributed by atoms with Crippen molar-refractivity contribution >= 4 is 23.8 Å². The number of hydrogen-bond donors (Lipinski definition) is 3. The molecule has 1 aliphatic heterocycles. The van der Waals surface area contributed by atoms with Crippen LogP contribution in [0.5, 0.6) is 0 Å². The second-order valence-electron chi connectivity index (χ2n) is 6.40. The van der Waals surface area contributed by atoms with E-state index in [0.29, 0.717) is 12.8 Å². The highest BCUT2D eigenvalue weighted by atomic mass is 16.4. The lowest BCUT2D eigenvalue weighted by atomic mass is 9.81. The smallest absolute Gasteiger partial charge is 0.329 e. The fourth-order valence-corrected chi connectivity index (χ4v) is 2.96. The molecule has 4 amide bonds. The van der Waals surface area contributed by atoms with Crippen LogP contribution < -0.4 is 10.6 Å². The van der Waals surface area contributed by atoms with Crippen LogP contribution in [0.25, 0.3) is 0 Å². The van der Waals surface area contributed by atoms with Gasteiger partial charge in [0, 0.05) is 0 Å². The monoisotopic (exact) mass is 311 g/mol. The number of rotatable bonds is 4. The van der Waals surface area contributed by atoms with E-state index in [2.05, 4.69) is 10.6 Å². The molecular formula is C14H21N3O5. The Morgan fingerprint density at radius 1 is 1.23 bits per heavy atom. The summed E-state index contributed by atoms with van der Waals surface area (Å²) in [4.78, 5) is 48.3. The number of hydrogen-bond acceptors (Lipinski definition) is 4. The van der Waals surface area contributed by atoms with Gasteiger partial charge < -0.3 is 15.3 Å². The van der Waals surface area contributed by atoms with Crippen LogP contribution >= 0.6 is 0 Å². The van der Waals surface area contributed by atoms with Crippen LogP contribution in [0.15, 0.2) is 0 Å². The molecule has 2 aliphatic rings. The van der Waals surface area contributed by atoms with Crippen LogP contribution in [0, 0.1) is 0 Å². The van der Waals surface area contributed by atoms with Gasteiger partial charge in [0.25, 0.3) is 5.91 Å². The van der Waals surface area contributed by atoms with Crippen LogP contribution in [-0.4, -0.2) is 51.4 Å². The molecule has 0 bridgehead atoms. The third-order valence-electron chi connectivity index (χ3n) is 4.49. The van der Waals surface area contributed by atoms with Gasteiger partial charge in [-0.05, 0) is 26.7 Å². The minimum Gasteiger partial charge on any atom is -0.480 e. The first-order valence-electron chi connectivity index (χ1n) is 7.36. The van der Waals surface area contributed by atoms with Gasteiger partial charge >= 0.3 is 12.0 Å². The average molecular weight is 311 g/mol. The van der Waals surface area contributed by atoms with Gasteiger partial charge in [0.2, 0.25) is 5.91 Å². The topological polar surface area (TPSA) is 116 Å². The Balaban J connectivity index is 2.07. The van der Waals surface area contributed by atoms with Gasteiger partial charge in [-0.2, -0.15) is 0 Å². The lowest BCUT2D eigenvalue weighted by Gasteiger charge is -2.35. The summed E-state index contributed by atoms with van der Waals surface area (Å²) >= 11 is 0. The lowest BCUT2D eigenvalue weighted by molar-refractivity contribution is -0.149. The molecule has 122 valence electrons. The molecule has 0 radical (unpaired) electrons. The van der Waals surface area contributed by atoms with Crippen molar-refractivity contribution in [3.05, 3.63) is 0 Å². The third kappa shape index (κ3) is 2.77. The molecule has 22 heavy (non-hydrogen) atoms. The molecule has 1 saturated carbocycles. The average Bonchev–Trinajstić information content (AvgIpc) is 2.62. The van der Waals surface area contributed by atoms with Gasteiger partial charge in [-0.25, -0.2) is 9.59 Å². The van der Waals surface area contributed by atoms with E-state index < -0.39 is 34.9 Å². The maximum atomic E-state index is 12.2. The van der Waals surface area contributed by atoms with Gasteiger partial charge in [-0.15, -0.1) is 0 Å². The van der Waals surface area contributed by atoms with E-state index >= 15 is 0 Å². The van der Waals surface area contributed by atoms with Crippen molar-refractivity contribution in [3.63, 3.8) is 0 Å². The molecular weight excluding hydrogens is 290 g/mol. The Morgan fingerprint density at radius 3 is 2.27 bits per heavy atom. The molecule has 0 spiro atoms. The van der Waals surface area contributed by atoms with E-state index in [0.717, 1.165) is 24.2 Å². The maximum absolute atomic E-state index is 12.2. The molecule has 2 rings (SSSR count). The van der Waals surface area contributed by atoms with Crippen LogP contribution in [0.4, 0.5) is 4.79 Å². The van der Waals surface area contributed by atoms with E-state index in [1.807, 2.05) is 0 Å². The fraction of sp³-hybridized carbons (Fsp3) is 0.714. The Labute approximate surface area is 128 Å². The summed E-state index contributed by atoms with van der Waals surface area (Å²) in [6.07, 6.45) is 3.17. The Kier molecular flexibility index (Phi) is 4.12. The van der Waals surface area contributed by atoms with Crippen molar-refractivity contribution in [2.24, 2.45) is 0 Å². The molecule has 0 aromatic heterocycles. The fourth-order valence-electron chi connectivity index (χ4n) is 2.96. The van der Waals surface area contributed by atoms with Crippen molar-refractivity contribution in [1.29, 1.82) is 0 Å². The number of nitrogens with one attached hydrogen (secondary N) is 2. The molecule has 0 unspecified atom stereocenters. The third-order valence-corrected chi connectivity index (χ3v) is 4.49. The predicted octanol–water partition coefficient (Wildman–Crippen LogP) is 0.221. The largest absolute Gasteiger partial charge is 0.480 e. The maximum Gasteiger partial charge on any atom is 0.329 e. The van der Waals surface area contributed by atoms with Gasteiger partial charge in [0.05, 0.1) is 0 Å². The van der Waals surface area contributed by atoms with Crippen LogP contribution in [0.1, 0.15) is 46.0 Å². The summed E-state index contributed by atoms with van der Waals surface area (Å²) in [6.45, 7) is 2.72. The van der Waals surface area contributed by atoms with Crippen LogP contribution in [0.3, 0.4) is 0 Å². The number of carbonyl (C=O) groups excluding carboxylic acids is 3. The molecule has 0 aromatic rings. The first kappa shape index (κ1) is 16.3. The molecule has 1 saturated heterocycles. The summed E-state index contributed by atoms with van der Waals surface area (Å²) in [6, 6.07) is -0.641. The van der Waals surface area contributed by atoms with Crippen molar-refractivity contribution < 1.29 is 24.3 Å². The quantitative estimate of drug-likeness (QED) is 0.642. The van der Waals surface area contributed by atoms with Gasteiger partial charge in [0.15, 0.2) is 0 Å². The second kappa shape index (κ2) is 5.58. The molecule has 3 N–H and O–H groups in total. The van der Waals surface area contributed by atoms with E-state index in [-0.39, 0.29) is 6.54 Å². The molecule has 1 heterocycles. The summed E-state index contributed by atoms with van der Waals surface area (Å²) in [5.74, 6) is -2.10. The number of carbonyl (C=O) groups is 4. The SMILES string of the molecule is CC1(C)C(=O)NC(=O)N1CC(=O)NC1(C(=O)O)CCCCC1. The second-order valence-corrected chi connectivity index (χ2v) is 6.40. The molecule has 8 nitrogen and oxygen atoms in total. The highest BCUT2D eigenvalue weighted by molar-refractivity contribution is 6.07. The van der Waals surface area contributed by atoms with E-state index in [9.17, 15) is 24.3 Å². The Hall–Kier alpha value is -2.12. The first-order valence-corrected chi connectivity index (χ1v) is 7.36. The zero-order valence-corrected chi connectivity index (χ0v) is 12.8. The van der Waals surface area contributed by atoms with Crippen LogP contribution in [-0.2, 0) is 14.4 Å². The number of aliphatic carboxylic acids is 1. The van der Waals surface area contributed by atoms with Crippen molar-refractivity contribution in [2.75, 3.05) is 6.54 Å². The standard InChI is InChI=1S/C14H21N3O5/c1-13(2)10(19)15-12(22)17(13)8-9(18)16-14(11(20)21)6-4-3-5-7-14/h3-8H2,1-2H3,(H,16,18)(H,20,21)(H,15,19,22). The van der Waals surface area contributed by atoms with E-state index in [1.165, 1.54) is 13.8 Å². The first-order chi connectivity index (χ1) is 10.2. The molecule has 2 fully saturated rings. The molecule has 0 atom stereocenters. The van der Waals surface area contributed by atoms with Crippen molar-refractivity contribution in [3.8, 4) is 0 Å². The zero-order valence-electron chi connectivity index (χ0n) is 12.8. The van der Waals surface area contributed by atoms with Gasteiger partial charge in [-0.1, -0.05) is 19.3 Å². The van der Waals surface area contributed by atoms with Gasteiger partial charge in [0.1, 0.15) is 17.6 Å². The normalized spacial score (nSPS) is 23.1. The van der Waals surface area contributed by atoms with Crippen molar-refractivity contribution in [2.45, 2.75) is 57.0 Å². The summed E-state index contributed by atoms with van der Waals surface area (Å²) < 4.78 is 0. The summed E-state index contributed by atoms with van der Waals surface area (Å²) in [5.41, 5.74) is -2.39. The molecule has 8 heteroatoms. The molecule has 1 aliphatic carbocycles. The number of urea groups is 1. The van der Waals surface area contributed by atoms with E-state index in [1.54, 1.807) is 0 Å². The predicted molar refractivity (Wildman–Crippen MR) is 75.9 cm³/mol. The Morgan fingerprint density at radius 2 is 1.82 bits per heavy atom. The lowest BCUT2D eigenvalue weighted by Crippen LogP contribution is -2.58. The summed E-state index contributed by atoms with van der Waals surface area (Å²) in [7, 11) is 0. The van der Waals surface area contributed by atoms with E-state index in [4.69, 9.17) is 0 Å². The minimum absolute atomic E-state index is 0.348. The highest BCUT2D eigenvalue weighted by Gasteiger charge is 2.47. The molecule has 0 aromatic carbocycles.